The number of nitrogens with one attached hydrogen (secondary N) is 3. The van der Waals surface area contributed by atoms with E-state index in [1.54, 1.807) is 20.3 Å². The molecule has 3 aliphatic rings. The fourth-order valence-electron chi connectivity index (χ4n) is 8.33. The van der Waals surface area contributed by atoms with Gasteiger partial charge in [-0.2, -0.15) is 0 Å². The molecule has 6 aromatic rings. The number of carbonyl (C=O) groups is 2. The van der Waals surface area contributed by atoms with Gasteiger partial charge in [0.25, 0.3) is 5.91 Å². The Labute approximate surface area is 338 Å². The Hall–Kier alpha value is -5.98. The van der Waals surface area contributed by atoms with Crippen molar-refractivity contribution in [2.24, 2.45) is 0 Å². The van der Waals surface area contributed by atoms with Crippen LogP contribution in [0.25, 0.3) is 44.1 Å². The summed E-state index contributed by atoms with van der Waals surface area (Å²) in [5, 5.41) is 14.3. The second kappa shape index (κ2) is 17.7. The fraction of sp³-hybridized carbons (Fsp3) is 0.348. The highest BCUT2D eigenvalue weighted by molar-refractivity contribution is 6.03. The number of ether oxygens (including phenoxy) is 4. The third kappa shape index (κ3) is 8.63. The van der Waals surface area contributed by atoms with Gasteiger partial charge in [-0.15, -0.1) is 0 Å². The van der Waals surface area contributed by atoms with E-state index in [-0.39, 0.29) is 24.4 Å². The molecule has 58 heavy (non-hydrogen) atoms. The van der Waals surface area contributed by atoms with Crippen LogP contribution in [-0.4, -0.2) is 103 Å². The van der Waals surface area contributed by atoms with Gasteiger partial charge in [0.1, 0.15) is 11.4 Å². The number of fused-ring (bicyclic) bond motifs is 3. The smallest absolute Gasteiger partial charge is 0.352 e. The van der Waals surface area contributed by atoms with Gasteiger partial charge in [-0.1, -0.05) is 49.2 Å². The van der Waals surface area contributed by atoms with Crippen LogP contribution in [-0.2, 0) is 0 Å². The number of rotatable bonds is 10. The van der Waals surface area contributed by atoms with Crippen LogP contribution in [0.1, 0.15) is 59.5 Å². The second-order valence-corrected chi connectivity index (χ2v) is 15.2. The number of aromatic carboxylic acids is 1. The van der Waals surface area contributed by atoms with Gasteiger partial charge in [0.15, 0.2) is 23.0 Å². The molecule has 0 aliphatic carbocycles. The molecule has 1 amide bonds. The largest absolute Gasteiger partial charge is 0.493 e. The number of hydrogen-bond acceptors (Lipinski definition) is 8. The van der Waals surface area contributed by atoms with Crippen molar-refractivity contribution in [3.8, 4) is 45.3 Å². The first-order valence-corrected chi connectivity index (χ1v) is 20.2. The zero-order valence-electron chi connectivity index (χ0n) is 33.1. The molecule has 2 fully saturated rings. The number of aromatic amines is 2. The SMILES string of the molecule is COc1ccc(-c2cccc3[nH]c(C(=O)NC4CCN(CCN5CCCCCC5)CC4)cc23)cc1OC.O=C(O)c1cc2c(-c3ccc4c(c3)OCO4)cccc2[nH]1. The van der Waals surface area contributed by atoms with Crippen LogP contribution < -0.4 is 24.3 Å². The Balaban J connectivity index is 0.000000188. The molecule has 9 rings (SSSR count). The van der Waals surface area contributed by atoms with Gasteiger partial charge >= 0.3 is 5.97 Å². The predicted octanol–water partition coefficient (Wildman–Crippen LogP) is 8.18. The van der Waals surface area contributed by atoms with E-state index in [1.807, 2.05) is 72.8 Å². The molecular weight excluding hydrogens is 735 g/mol. The summed E-state index contributed by atoms with van der Waals surface area (Å²) >= 11 is 0. The van der Waals surface area contributed by atoms with Crippen LogP contribution in [0.15, 0.2) is 84.9 Å². The molecule has 3 aliphatic heterocycles. The number of H-pyrrole nitrogens is 2. The summed E-state index contributed by atoms with van der Waals surface area (Å²) in [6, 6.07) is 27.2. The van der Waals surface area contributed by atoms with Crippen LogP contribution in [0.4, 0.5) is 0 Å². The van der Waals surface area contributed by atoms with Crippen molar-refractivity contribution in [1.82, 2.24) is 25.1 Å². The normalized spacial score (nSPS) is 16.1. The Morgan fingerprint density at radius 2 is 1.28 bits per heavy atom. The van der Waals surface area contributed by atoms with Crippen molar-refractivity contribution >= 4 is 33.7 Å². The fourth-order valence-corrected chi connectivity index (χ4v) is 8.33. The molecule has 0 spiro atoms. The predicted molar refractivity (Wildman–Crippen MR) is 225 cm³/mol. The summed E-state index contributed by atoms with van der Waals surface area (Å²) in [5.41, 5.74) is 6.50. The van der Waals surface area contributed by atoms with E-state index in [0.29, 0.717) is 22.9 Å². The molecule has 5 heterocycles. The van der Waals surface area contributed by atoms with Crippen molar-refractivity contribution < 1.29 is 33.6 Å². The summed E-state index contributed by atoms with van der Waals surface area (Å²) in [5.74, 6) is 1.81. The molecule has 4 N–H and O–H groups in total. The maximum atomic E-state index is 13.2. The first-order valence-electron chi connectivity index (χ1n) is 20.2. The Bertz CT molecular complexity index is 2390. The minimum absolute atomic E-state index is 0.0301. The Morgan fingerprint density at radius 1 is 0.690 bits per heavy atom. The van der Waals surface area contributed by atoms with Gasteiger partial charge in [-0.25, -0.2) is 4.79 Å². The first kappa shape index (κ1) is 38.9. The molecule has 12 heteroatoms. The van der Waals surface area contributed by atoms with Crippen LogP contribution in [0.2, 0.25) is 0 Å². The number of hydrogen-bond donors (Lipinski definition) is 4. The van der Waals surface area contributed by atoms with E-state index < -0.39 is 5.97 Å². The molecule has 0 unspecified atom stereocenters. The summed E-state index contributed by atoms with van der Waals surface area (Å²) in [6.07, 6.45) is 7.46. The van der Waals surface area contributed by atoms with E-state index in [2.05, 4.69) is 31.2 Å². The van der Waals surface area contributed by atoms with Crippen molar-refractivity contribution in [2.75, 3.05) is 60.3 Å². The number of likely N-dealkylation sites (tertiary alicyclic amines) is 2. The number of piperidine rings is 1. The average molecular weight is 786 g/mol. The van der Waals surface area contributed by atoms with E-state index >= 15 is 0 Å². The van der Waals surface area contributed by atoms with Gasteiger partial charge in [-0.05, 0) is 110 Å². The Kier molecular flexibility index (Phi) is 11.8. The van der Waals surface area contributed by atoms with Crippen LogP contribution in [0, 0.1) is 0 Å². The highest BCUT2D eigenvalue weighted by Gasteiger charge is 2.23. The standard InChI is InChI=1S/C30H40N4O3.C16H11NO4/c1-36-28-11-10-22(20-29(28)37-2)24-8-7-9-26-25(24)21-27(32-26)30(35)31-23-12-16-34(17-13-23)19-18-33-14-5-3-4-6-15-33;18-16(19)13-7-11-10(2-1-3-12(11)17-13)9-4-5-14-15(6-9)21-8-20-14/h7-11,20-21,23,32H,3-6,12-19H2,1-2H3,(H,31,35);1-7,17H,8H2,(H,18,19). The van der Waals surface area contributed by atoms with E-state index in [0.717, 1.165) is 82.3 Å². The van der Waals surface area contributed by atoms with Crippen molar-refractivity contribution in [3.63, 3.8) is 0 Å². The quantitative estimate of drug-likeness (QED) is 0.108. The van der Waals surface area contributed by atoms with Crippen molar-refractivity contribution in [1.29, 1.82) is 0 Å². The third-order valence-corrected chi connectivity index (χ3v) is 11.5. The summed E-state index contributed by atoms with van der Waals surface area (Å²) < 4.78 is 21.6. The molecule has 2 saturated heterocycles. The van der Waals surface area contributed by atoms with Crippen LogP contribution >= 0.6 is 0 Å². The highest BCUT2D eigenvalue weighted by atomic mass is 16.7. The number of methoxy groups -OCH3 is 2. The molecule has 0 radical (unpaired) electrons. The lowest BCUT2D eigenvalue weighted by Crippen LogP contribution is -2.46. The molecule has 0 atom stereocenters. The zero-order chi connectivity index (χ0) is 40.0. The molecule has 4 aromatic carbocycles. The molecule has 0 bridgehead atoms. The van der Waals surface area contributed by atoms with Gasteiger partial charge in [-0.3, -0.25) is 4.79 Å². The van der Waals surface area contributed by atoms with Crippen LogP contribution in [0.3, 0.4) is 0 Å². The topological polar surface area (TPSA) is 141 Å². The van der Waals surface area contributed by atoms with Gasteiger partial charge in [0, 0.05) is 54.0 Å². The molecule has 0 saturated carbocycles. The number of benzene rings is 4. The first-order chi connectivity index (χ1) is 28.4. The summed E-state index contributed by atoms with van der Waals surface area (Å²) in [6.45, 7) is 7.16. The third-order valence-electron chi connectivity index (χ3n) is 11.5. The zero-order valence-corrected chi connectivity index (χ0v) is 33.1. The number of carboxylic acids is 1. The number of amides is 1. The number of carbonyl (C=O) groups excluding carboxylic acids is 1. The molecule has 2 aromatic heterocycles. The number of carboxylic acid groups (broad SMARTS) is 1. The summed E-state index contributed by atoms with van der Waals surface area (Å²) in [7, 11) is 3.27. The van der Waals surface area contributed by atoms with Gasteiger partial charge in [0.05, 0.1) is 14.2 Å². The van der Waals surface area contributed by atoms with Crippen LogP contribution in [0.5, 0.6) is 23.0 Å². The highest BCUT2D eigenvalue weighted by Crippen LogP contribution is 2.39. The van der Waals surface area contributed by atoms with Crippen molar-refractivity contribution in [3.05, 3.63) is 96.3 Å². The lowest BCUT2D eigenvalue weighted by Gasteiger charge is -2.33. The van der Waals surface area contributed by atoms with Gasteiger partial charge in [0.2, 0.25) is 6.79 Å². The van der Waals surface area contributed by atoms with E-state index in [9.17, 15) is 9.59 Å². The maximum Gasteiger partial charge on any atom is 0.352 e. The molecule has 12 nitrogen and oxygen atoms in total. The minimum atomic E-state index is -0.970. The molecule has 302 valence electrons. The maximum absolute atomic E-state index is 13.2. The monoisotopic (exact) mass is 785 g/mol. The Morgan fingerprint density at radius 3 is 1.93 bits per heavy atom. The minimum Gasteiger partial charge on any atom is -0.493 e. The number of nitrogens with zero attached hydrogens (tertiary/aromatic N) is 2. The average Bonchev–Trinajstić information content (AvgIpc) is 3.98. The van der Waals surface area contributed by atoms with Gasteiger partial charge < -0.3 is 49.1 Å². The van der Waals surface area contributed by atoms with E-state index in [1.165, 1.54) is 45.3 Å². The lowest BCUT2D eigenvalue weighted by molar-refractivity contribution is 0.0691. The number of aromatic nitrogens is 2. The van der Waals surface area contributed by atoms with Crippen molar-refractivity contribution in [2.45, 2.75) is 44.6 Å². The van der Waals surface area contributed by atoms with E-state index in [4.69, 9.17) is 24.1 Å². The summed E-state index contributed by atoms with van der Waals surface area (Å²) in [4.78, 5) is 35.7. The lowest BCUT2D eigenvalue weighted by atomic mass is 10.0. The second-order valence-electron chi connectivity index (χ2n) is 15.2. The molecular formula is C46H51N5O7.